The molecule has 6 rings (SSSR count). The van der Waals surface area contributed by atoms with Gasteiger partial charge in [0.15, 0.2) is 21.8 Å². The van der Waals surface area contributed by atoms with Crippen LogP contribution in [0, 0.1) is 0 Å². The number of hydrogen-bond donors (Lipinski definition) is 7. The topological polar surface area (TPSA) is 235 Å². The summed E-state index contributed by atoms with van der Waals surface area (Å²) in [6.07, 6.45) is 0.157. The third-order valence-corrected chi connectivity index (χ3v) is 9.45. The summed E-state index contributed by atoms with van der Waals surface area (Å²) in [6, 6.07) is 1.51. The molecule has 4 atom stereocenters. The molecule has 2 fully saturated rings. The van der Waals surface area contributed by atoms with Gasteiger partial charge in [0.1, 0.15) is 12.1 Å². The molecule has 5 aliphatic heterocycles. The Morgan fingerprint density at radius 2 is 1.92 bits per heavy atom. The van der Waals surface area contributed by atoms with Crippen molar-refractivity contribution in [1.82, 2.24) is 20.4 Å². The molecule has 2 unspecified atom stereocenters. The number of guanidine groups is 2. The Balaban J connectivity index is 1.32. The number of carbonyl (C=O) groups is 3. The Hall–Kier alpha value is -3.76. The number of imide groups is 1. The Morgan fingerprint density at radius 1 is 1.21 bits per heavy atom. The molecular formula is C22H27N8O7S+. The van der Waals surface area contributed by atoms with Crippen LogP contribution in [0.1, 0.15) is 34.3 Å². The fraction of sp³-hybridized carbons (Fsp3) is 0.500. The van der Waals surface area contributed by atoms with Crippen molar-refractivity contribution in [2.45, 2.75) is 53.9 Å². The van der Waals surface area contributed by atoms with Crippen molar-refractivity contribution in [1.29, 1.82) is 0 Å². The number of nitrogens with zero attached hydrogens (tertiary/aromatic N) is 3. The minimum atomic E-state index is -3.39. The Labute approximate surface area is 216 Å². The summed E-state index contributed by atoms with van der Waals surface area (Å²) in [4.78, 5) is 47.6. The van der Waals surface area contributed by atoms with Crippen molar-refractivity contribution in [3.05, 3.63) is 34.9 Å². The standard InChI is InChI=1S/C22H26N8O7S/c23-19-27-17-13(6-29-15(31)4-5-16(29)32)25-20(24)30-7-14(22(34,35)21(17,30)28-19)26-18(33)11-3-1-2-10-8-38(36,37)9-12(10)11/h1-3,13-14,17,34-35H,4-9H2,(H2,24,25)(H,26,33)(H3,23,27,28)/p+1/t13-,14?,17-,21?/m0/s1. The van der Waals surface area contributed by atoms with Gasteiger partial charge >= 0.3 is 5.96 Å². The van der Waals surface area contributed by atoms with Crippen LogP contribution in [-0.4, -0.2) is 101 Å². The van der Waals surface area contributed by atoms with E-state index in [4.69, 9.17) is 11.5 Å². The second-order valence-electron chi connectivity index (χ2n) is 10.2. The van der Waals surface area contributed by atoms with Gasteiger partial charge in [0.25, 0.3) is 11.6 Å². The van der Waals surface area contributed by atoms with E-state index in [0.717, 1.165) is 4.90 Å². The fourth-order valence-electron chi connectivity index (χ4n) is 6.23. The average molecular weight is 548 g/mol. The van der Waals surface area contributed by atoms with Crippen LogP contribution in [0.4, 0.5) is 0 Å². The lowest BCUT2D eigenvalue weighted by atomic mass is 9.84. The third-order valence-electron chi connectivity index (χ3n) is 7.97. The molecule has 38 heavy (non-hydrogen) atoms. The molecule has 0 aliphatic carbocycles. The molecule has 0 aromatic heterocycles. The van der Waals surface area contributed by atoms with Gasteiger partial charge in [-0.2, -0.15) is 0 Å². The van der Waals surface area contributed by atoms with Crippen LogP contribution in [0.5, 0.6) is 0 Å². The quantitative estimate of drug-likeness (QED) is 0.138. The van der Waals surface area contributed by atoms with E-state index in [-0.39, 0.29) is 66.7 Å². The largest absolute Gasteiger partial charge is 0.370 e. The lowest BCUT2D eigenvalue weighted by molar-refractivity contribution is -0.521. The lowest BCUT2D eigenvalue weighted by Crippen LogP contribution is -2.90. The van der Waals surface area contributed by atoms with Crippen LogP contribution in [0.15, 0.2) is 23.2 Å². The Bertz CT molecular complexity index is 1440. The Kier molecular flexibility index (Phi) is 5.09. The normalized spacial score (nSPS) is 32.3. The number of carbonyl (C=O) groups excluding carboxylic acids is 3. The van der Waals surface area contributed by atoms with Crippen LogP contribution >= 0.6 is 0 Å². The fourth-order valence-corrected chi connectivity index (χ4v) is 7.86. The predicted octanol–water partition coefficient (Wildman–Crippen LogP) is -5.88. The summed E-state index contributed by atoms with van der Waals surface area (Å²) in [5.74, 6) is -4.69. The van der Waals surface area contributed by atoms with E-state index in [1.165, 1.54) is 11.0 Å². The first-order chi connectivity index (χ1) is 17.8. The molecule has 16 heteroatoms. The number of aliphatic hydroxyl groups is 2. The second kappa shape index (κ2) is 7.87. The molecule has 202 valence electrons. The zero-order valence-corrected chi connectivity index (χ0v) is 20.9. The number of aliphatic imine (C=N–C) groups is 1. The van der Waals surface area contributed by atoms with Crippen LogP contribution in [0.2, 0.25) is 0 Å². The summed E-state index contributed by atoms with van der Waals surface area (Å²) in [5.41, 5.74) is 11.5. The van der Waals surface area contributed by atoms with Crippen molar-refractivity contribution in [2.24, 2.45) is 16.5 Å². The SMILES string of the molecule is NC1=N[C@@H](CN2C(=O)CCC2=O)[C@@H]2[NH+]=C(N)NC23N1CC(NC(=O)c1cccc2c1CS(=O)(=O)C2)C3(O)O. The van der Waals surface area contributed by atoms with Gasteiger partial charge in [-0.25, -0.2) is 18.7 Å². The number of benzene rings is 1. The highest BCUT2D eigenvalue weighted by molar-refractivity contribution is 7.90. The zero-order chi connectivity index (χ0) is 27.2. The first-order valence-electron chi connectivity index (χ1n) is 12.0. The number of rotatable bonds is 4. The van der Waals surface area contributed by atoms with E-state index in [2.05, 4.69) is 20.6 Å². The maximum Gasteiger partial charge on any atom is 0.343 e. The molecule has 15 nitrogen and oxygen atoms in total. The molecule has 3 amide bonds. The van der Waals surface area contributed by atoms with Crippen molar-refractivity contribution >= 4 is 39.5 Å². The average Bonchev–Trinajstić information content (AvgIpc) is 3.52. The minimum absolute atomic E-state index is 0.0143. The first kappa shape index (κ1) is 24.6. The number of nitrogens with one attached hydrogen (secondary N) is 3. The summed E-state index contributed by atoms with van der Waals surface area (Å²) in [7, 11) is -3.39. The number of nitrogens with two attached hydrogens (primary N) is 2. The van der Waals surface area contributed by atoms with E-state index in [0.29, 0.717) is 11.1 Å². The van der Waals surface area contributed by atoms with E-state index < -0.39 is 45.3 Å². The number of amides is 3. The second-order valence-corrected chi connectivity index (χ2v) is 12.3. The van der Waals surface area contributed by atoms with Gasteiger partial charge in [0, 0.05) is 18.4 Å². The van der Waals surface area contributed by atoms with Crippen molar-refractivity contribution in [3.63, 3.8) is 0 Å². The van der Waals surface area contributed by atoms with Gasteiger partial charge in [-0.3, -0.25) is 34.9 Å². The number of sulfone groups is 1. The number of hydrogen-bond acceptors (Lipinski definition) is 12. The molecule has 0 saturated carbocycles. The highest BCUT2D eigenvalue weighted by Gasteiger charge is 2.76. The highest BCUT2D eigenvalue weighted by Crippen LogP contribution is 2.41. The van der Waals surface area contributed by atoms with Crippen molar-refractivity contribution in [2.75, 3.05) is 13.1 Å². The number of fused-ring (bicyclic) bond motifs is 1. The molecule has 0 radical (unpaired) electrons. The van der Waals surface area contributed by atoms with E-state index >= 15 is 0 Å². The maximum absolute atomic E-state index is 13.3. The summed E-state index contributed by atoms with van der Waals surface area (Å²) in [6.45, 7) is -0.341. The molecule has 2 saturated heterocycles. The predicted molar refractivity (Wildman–Crippen MR) is 129 cm³/mol. The molecule has 5 aliphatic rings. The highest BCUT2D eigenvalue weighted by atomic mass is 32.2. The van der Waals surface area contributed by atoms with Gasteiger partial charge < -0.3 is 21.3 Å². The molecule has 9 N–H and O–H groups in total. The van der Waals surface area contributed by atoms with Crippen LogP contribution in [0.25, 0.3) is 0 Å². The van der Waals surface area contributed by atoms with Gasteiger partial charge in [-0.15, -0.1) is 0 Å². The zero-order valence-electron chi connectivity index (χ0n) is 20.0. The van der Waals surface area contributed by atoms with Crippen LogP contribution in [-0.2, 0) is 30.9 Å². The van der Waals surface area contributed by atoms with Gasteiger partial charge in [0.2, 0.25) is 17.6 Å². The molecule has 1 spiro atoms. The lowest BCUT2D eigenvalue weighted by Gasteiger charge is -2.46. The maximum atomic E-state index is 13.3. The Morgan fingerprint density at radius 3 is 2.63 bits per heavy atom. The third kappa shape index (κ3) is 3.33. The first-order valence-corrected chi connectivity index (χ1v) is 13.8. The molecule has 5 heterocycles. The van der Waals surface area contributed by atoms with E-state index in [1.54, 1.807) is 12.1 Å². The van der Waals surface area contributed by atoms with Crippen LogP contribution < -0.4 is 27.1 Å². The van der Waals surface area contributed by atoms with E-state index in [1.807, 2.05) is 0 Å². The molecule has 1 aromatic rings. The summed E-state index contributed by atoms with van der Waals surface area (Å²) < 4.78 is 24.3. The minimum Gasteiger partial charge on any atom is -0.370 e. The van der Waals surface area contributed by atoms with E-state index in [9.17, 15) is 33.0 Å². The van der Waals surface area contributed by atoms with Gasteiger partial charge in [0.05, 0.1) is 24.6 Å². The summed E-state index contributed by atoms with van der Waals surface area (Å²) in [5, 5.41) is 28.6. The monoisotopic (exact) mass is 547 g/mol. The molecular weight excluding hydrogens is 520 g/mol. The van der Waals surface area contributed by atoms with Crippen molar-refractivity contribution < 1.29 is 38.0 Å². The summed E-state index contributed by atoms with van der Waals surface area (Å²) >= 11 is 0. The smallest absolute Gasteiger partial charge is 0.343 e. The van der Waals surface area contributed by atoms with Gasteiger partial charge in [-0.1, -0.05) is 12.1 Å². The van der Waals surface area contributed by atoms with Gasteiger partial charge in [-0.05, 0) is 17.2 Å². The van der Waals surface area contributed by atoms with Crippen molar-refractivity contribution in [3.8, 4) is 0 Å². The molecule has 0 bridgehead atoms. The van der Waals surface area contributed by atoms with Crippen LogP contribution in [0.3, 0.4) is 0 Å². The number of likely N-dealkylation sites (tertiary alicyclic amines) is 1. The molecule has 1 aromatic carbocycles.